The van der Waals surface area contributed by atoms with E-state index in [-0.39, 0.29) is 0 Å². The van der Waals surface area contributed by atoms with E-state index in [0.29, 0.717) is 12.2 Å². The zero-order valence-electron chi connectivity index (χ0n) is 13.3. The molecule has 24 heavy (non-hydrogen) atoms. The van der Waals surface area contributed by atoms with Crippen LogP contribution in [0.1, 0.15) is 21.5 Å². The van der Waals surface area contributed by atoms with Crippen LogP contribution in [0, 0.1) is 0 Å². The molecule has 0 spiro atoms. The summed E-state index contributed by atoms with van der Waals surface area (Å²) >= 11 is 0. The van der Waals surface area contributed by atoms with Crippen molar-refractivity contribution < 1.29 is 9.53 Å². The number of imidazole rings is 1. The lowest BCUT2D eigenvalue weighted by molar-refractivity contribution is 0.100. The van der Waals surface area contributed by atoms with Crippen LogP contribution in [0.4, 0.5) is 0 Å². The van der Waals surface area contributed by atoms with Crippen molar-refractivity contribution in [2.75, 3.05) is 6.61 Å². The number of aromatic nitrogens is 2. The molecule has 1 amide bonds. The fraction of sp³-hybridized carbons (Fsp3) is 0.158. The van der Waals surface area contributed by atoms with Gasteiger partial charge < -0.3 is 15.0 Å². The molecule has 5 nitrogen and oxygen atoms in total. The fourth-order valence-corrected chi connectivity index (χ4v) is 2.47. The predicted molar refractivity (Wildman–Crippen MR) is 91.9 cm³/mol. The number of benzene rings is 2. The van der Waals surface area contributed by atoms with Crippen LogP contribution in [0.3, 0.4) is 0 Å². The number of hydrogen-bond acceptors (Lipinski definition) is 3. The summed E-state index contributed by atoms with van der Waals surface area (Å²) in [6.07, 6.45) is 6.24. The van der Waals surface area contributed by atoms with Crippen molar-refractivity contribution in [3.63, 3.8) is 0 Å². The highest BCUT2D eigenvalue weighted by atomic mass is 16.5. The molecule has 0 aliphatic rings. The Kier molecular flexibility index (Phi) is 4.91. The first kappa shape index (κ1) is 15.8. The Hall–Kier alpha value is -3.08. The number of carbonyl (C=O) groups is 1. The molecule has 0 bridgehead atoms. The summed E-state index contributed by atoms with van der Waals surface area (Å²) in [6.45, 7) is 1.29. The average molecular weight is 321 g/mol. The van der Waals surface area contributed by atoms with Crippen LogP contribution in [0.25, 0.3) is 0 Å². The van der Waals surface area contributed by atoms with E-state index in [1.165, 1.54) is 0 Å². The lowest BCUT2D eigenvalue weighted by Gasteiger charge is -2.12. The van der Waals surface area contributed by atoms with Crippen molar-refractivity contribution in [2.45, 2.75) is 13.0 Å². The summed E-state index contributed by atoms with van der Waals surface area (Å²) < 4.78 is 7.95. The van der Waals surface area contributed by atoms with Crippen molar-refractivity contribution >= 4 is 5.91 Å². The lowest BCUT2D eigenvalue weighted by atomic mass is 10.1. The van der Waals surface area contributed by atoms with Gasteiger partial charge in [-0.05, 0) is 23.8 Å². The van der Waals surface area contributed by atoms with Crippen LogP contribution in [-0.4, -0.2) is 22.1 Å². The van der Waals surface area contributed by atoms with Crippen LogP contribution >= 0.6 is 0 Å². The number of primary amides is 1. The van der Waals surface area contributed by atoms with Gasteiger partial charge in [0, 0.05) is 29.9 Å². The van der Waals surface area contributed by atoms with Crippen LogP contribution in [0.15, 0.2) is 67.3 Å². The van der Waals surface area contributed by atoms with Crippen LogP contribution < -0.4 is 10.5 Å². The monoisotopic (exact) mass is 321 g/mol. The summed E-state index contributed by atoms with van der Waals surface area (Å²) in [4.78, 5) is 15.1. The third-order valence-electron chi connectivity index (χ3n) is 3.77. The minimum atomic E-state index is -0.411. The number of hydrogen-bond donors (Lipinski definition) is 1. The molecule has 0 aliphatic carbocycles. The highest BCUT2D eigenvalue weighted by Crippen LogP contribution is 2.19. The van der Waals surface area contributed by atoms with E-state index in [1.54, 1.807) is 24.7 Å². The molecule has 0 aliphatic heterocycles. The molecule has 0 atom stereocenters. The molecule has 0 saturated carbocycles. The molecule has 3 aromatic rings. The molecular weight excluding hydrogens is 302 g/mol. The van der Waals surface area contributed by atoms with Gasteiger partial charge in [-0.25, -0.2) is 4.98 Å². The maximum Gasteiger partial charge on any atom is 0.248 e. The minimum Gasteiger partial charge on any atom is -0.493 e. The Bertz CT molecular complexity index is 796. The van der Waals surface area contributed by atoms with Crippen molar-refractivity contribution in [3.05, 3.63) is 83.9 Å². The van der Waals surface area contributed by atoms with E-state index in [2.05, 4.69) is 11.1 Å². The first-order chi connectivity index (χ1) is 11.7. The van der Waals surface area contributed by atoms with Gasteiger partial charge in [0.15, 0.2) is 0 Å². The molecule has 0 radical (unpaired) electrons. The summed E-state index contributed by atoms with van der Waals surface area (Å²) in [5.74, 6) is 0.464. The number of amides is 1. The van der Waals surface area contributed by atoms with E-state index >= 15 is 0 Å². The van der Waals surface area contributed by atoms with E-state index in [1.807, 2.05) is 41.1 Å². The summed E-state index contributed by atoms with van der Waals surface area (Å²) in [6, 6.07) is 15.3. The molecule has 0 saturated heterocycles. The van der Waals surface area contributed by atoms with E-state index in [9.17, 15) is 4.79 Å². The number of nitrogens with two attached hydrogens (primary N) is 1. The van der Waals surface area contributed by atoms with Crippen molar-refractivity contribution in [2.24, 2.45) is 5.73 Å². The number of para-hydroxylation sites is 1. The SMILES string of the molecule is NC(=O)c1ccc(CCOc2ccccc2Cn2ccnc2)cc1. The quantitative estimate of drug-likeness (QED) is 0.727. The highest BCUT2D eigenvalue weighted by molar-refractivity contribution is 5.92. The Morgan fingerprint density at radius 3 is 2.62 bits per heavy atom. The summed E-state index contributed by atoms with van der Waals surface area (Å²) in [5, 5.41) is 0. The van der Waals surface area contributed by atoms with Gasteiger partial charge in [-0.1, -0.05) is 30.3 Å². The molecule has 1 aromatic heterocycles. The van der Waals surface area contributed by atoms with Gasteiger partial charge in [0.1, 0.15) is 5.75 Å². The topological polar surface area (TPSA) is 70.1 Å². The van der Waals surface area contributed by atoms with Crippen molar-refractivity contribution in [1.82, 2.24) is 9.55 Å². The minimum absolute atomic E-state index is 0.411. The Morgan fingerprint density at radius 1 is 1.12 bits per heavy atom. The molecule has 0 unspecified atom stereocenters. The van der Waals surface area contributed by atoms with Crippen molar-refractivity contribution in [1.29, 1.82) is 0 Å². The fourth-order valence-electron chi connectivity index (χ4n) is 2.47. The van der Waals surface area contributed by atoms with Gasteiger partial charge in [-0.15, -0.1) is 0 Å². The van der Waals surface area contributed by atoms with Gasteiger partial charge in [-0.2, -0.15) is 0 Å². The first-order valence-corrected chi connectivity index (χ1v) is 7.77. The average Bonchev–Trinajstić information content (AvgIpc) is 3.10. The highest BCUT2D eigenvalue weighted by Gasteiger charge is 2.05. The largest absolute Gasteiger partial charge is 0.493 e. The summed E-state index contributed by atoms with van der Waals surface area (Å²) in [5.41, 5.74) is 7.98. The molecule has 2 N–H and O–H groups in total. The smallest absolute Gasteiger partial charge is 0.248 e. The third-order valence-corrected chi connectivity index (χ3v) is 3.77. The molecule has 1 heterocycles. The zero-order valence-corrected chi connectivity index (χ0v) is 13.3. The molecule has 3 rings (SSSR count). The molecule has 122 valence electrons. The van der Waals surface area contributed by atoms with Gasteiger partial charge in [0.25, 0.3) is 0 Å². The van der Waals surface area contributed by atoms with Crippen LogP contribution in [0.5, 0.6) is 5.75 Å². The number of carbonyl (C=O) groups excluding carboxylic acids is 1. The van der Waals surface area contributed by atoms with Crippen molar-refractivity contribution in [3.8, 4) is 5.75 Å². The van der Waals surface area contributed by atoms with E-state index in [4.69, 9.17) is 10.5 Å². The number of rotatable bonds is 7. The van der Waals surface area contributed by atoms with Crippen LogP contribution in [0.2, 0.25) is 0 Å². The molecule has 0 fully saturated rings. The Balaban J connectivity index is 1.59. The zero-order chi connectivity index (χ0) is 16.8. The lowest BCUT2D eigenvalue weighted by Crippen LogP contribution is -2.11. The third kappa shape index (κ3) is 4.01. The second-order valence-electron chi connectivity index (χ2n) is 5.50. The second-order valence-corrected chi connectivity index (χ2v) is 5.50. The molecule has 2 aromatic carbocycles. The number of nitrogens with zero attached hydrogens (tertiary/aromatic N) is 2. The normalized spacial score (nSPS) is 10.5. The van der Waals surface area contributed by atoms with Gasteiger partial charge in [0.2, 0.25) is 5.91 Å². The maximum absolute atomic E-state index is 11.1. The maximum atomic E-state index is 11.1. The van der Waals surface area contributed by atoms with Gasteiger partial charge in [-0.3, -0.25) is 4.79 Å². The van der Waals surface area contributed by atoms with E-state index < -0.39 is 5.91 Å². The van der Waals surface area contributed by atoms with Crippen LogP contribution in [-0.2, 0) is 13.0 Å². The molecular formula is C19H19N3O2. The van der Waals surface area contributed by atoms with Gasteiger partial charge in [0.05, 0.1) is 19.5 Å². The van der Waals surface area contributed by atoms with Gasteiger partial charge >= 0.3 is 0 Å². The standard InChI is InChI=1S/C19H19N3O2/c20-19(23)16-7-5-15(6-8-16)9-12-24-18-4-2-1-3-17(18)13-22-11-10-21-14-22/h1-8,10-11,14H,9,12-13H2,(H2,20,23). The predicted octanol–water partition coefficient (Wildman–Crippen LogP) is 2.65. The number of ether oxygens (including phenoxy) is 1. The second kappa shape index (κ2) is 7.46. The Morgan fingerprint density at radius 2 is 1.92 bits per heavy atom. The summed E-state index contributed by atoms with van der Waals surface area (Å²) in [7, 11) is 0. The Labute approximate surface area is 140 Å². The van der Waals surface area contributed by atoms with E-state index in [0.717, 1.165) is 29.8 Å². The first-order valence-electron chi connectivity index (χ1n) is 7.77. The molecule has 5 heteroatoms.